The molecule has 0 aliphatic heterocycles. The van der Waals surface area contributed by atoms with E-state index in [1.54, 1.807) is 38.5 Å². The summed E-state index contributed by atoms with van der Waals surface area (Å²) in [5.74, 6) is 1.40. The topological polar surface area (TPSA) is 85.9 Å². The summed E-state index contributed by atoms with van der Waals surface area (Å²) in [5, 5.41) is 5.75. The zero-order chi connectivity index (χ0) is 24.5. The second-order valence-corrected chi connectivity index (χ2v) is 7.87. The monoisotopic (exact) mass is 462 g/mol. The molecular formula is C27H30N2O5. The van der Waals surface area contributed by atoms with E-state index in [2.05, 4.69) is 10.6 Å². The third kappa shape index (κ3) is 6.75. The highest BCUT2D eigenvalue weighted by atomic mass is 16.5. The second-order valence-electron chi connectivity index (χ2n) is 7.87. The van der Waals surface area contributed by atoms with Crippen LogP contribution in [0.3, 0.4) is 0 Å². The molecule has 0 bridgehead atoms. The Balaban J connectivity index is 1.44. The molecule has 3 aromatic carbocycles. The first-order chi connectivity index (χ1) is 16.4. The number of amides is 2. The summed E-state index contributed by atoms with van der Waals surface area (Å²) in [6.07, 6.45) is 0.649. The number of benzene rings is 3. The van der Waals surface area contributed by atoms with Crippen LogP contribution in [-0.4, -0.2) is 39.2 Å². The molecular weight excluding hydrogens is 432 g/mol. The second kappa shape index (κ2) is 11.7. The number of hydrogen-bond acceptors (Lipinski definition) is 5. The normalized spacial score (nSPS) is 10.4. The Morgan fingerprint density at radius 3 is 2.26 bits per heavy atom. The van der Waals surface area contributed by atoms with Gasteiger partial charge in [0.1, 0.15) is 5.75 Å². The van der Waals surface area contributed by atoms with Gasteiger partial charge < -0.3 is 24.8 Å². The van der Waals surface area contributed by atoms with Crippen molar-refractivity contribution in [2.45, 2.75) is 20.3 Å². The van der Waals surface area contributed by atoms with E-state index >= 15 is 0 Å². The van der Waals surface area contributed by atoms with Gasteiger partial charge in [-0.3, -0.25) is 9.59 Å². The maximum atomic E-state index is 12.5. The fraction of sp³-hybridized carbons (Fsp3) is 0.259. The average molecular weight is 463 g/mol. The van der Waals surface area contributed by atoms with Gasteiger partial charge >= 0.3 is 0 Å². The van der Waals surface area contributed by atoms with Crippen LogP contribution >= 0.6 is 0 Å². The summed E-state index contributed by atoms with van der Waals surface area (Å²) >= 11 is 0. The third-order valence-electron chi connectivity index (χ3n) is 5.30. The largest absolute Gasteiger partial charge is 0.493 e. The fourth-order valence-electron chi connectivity index (χ4n) is 3.43. The summed E-state index contributed by atoms with van der Waals surface area (Å²) in [4.78, 5) is 24.6. The number of nitrogens with one attached hydrogen (secondary N) is 2. The lowest BCUT2D eigenvalue weighted by molar-refractivity contribution is -0.123. The number of rotatable bonds is 10. The van der Waals surface area contributed by atoms with Gasteiger partial charge in [0.25, 0.3) is 11.8 Å². The minimum atomic E-state index is -0.225. The number of aryl methyl sites for hydroxylation is 2. The maximum Gasteiger partial charge on any atom is 0.257 e. The molecule has 3 rings (SSSR count). The van der Waals surface area contributed by atoms with Gasteiger partial charge in [0.05, 0.1) is 14.2 Å². The molecule has 2 N–H and O–H groups in total. The zero-order valence-corrected chi connectivity index (χ0v) is 19.9. The molecule has 7 nitrogen and oxygen atoms in total. The number of methoxy groups -OCH3 is 2. The van der Waals surface area contributed by atoms with Crippen molar-refractivity contribution in [2.75, 3.05) is 32.7 Å². The van der Waals surface area contributed by atoms with Gasteiger partial charge in [0.2, 0.25) is 0 Å². The molecule has 0 heterocycles. The van der Waals surface area contributed by atoms with Crippen molar-refractivity contribution in [3.05, 3.63) is 82.9 Å². The van der Waals surface area contributed by atoms with Gasteiger partial charge in [0, 0.05) is 17.8 Å². The minimum Gasteiger partial charge on any atom is -0.493 e. The molecule has 0 radical (unpaired) electrons. The highest BCUT2D eigenvalue weighted by molar-refractivity contribution is 6.04. The van der Waals surface area contributed by atoms with Crippen molar-refractivity contribution < 1.29 is 23.8 Å². The number of hydrogen-bond donors (Lipinski definition) is 2. The summed E-state index contributed by atoms with van der Waals surface area (Å²) in [5.41, 5.74) is 4.45. The van der Waals surface area contributed by atoms with E-state index in [9.17, 15) is 9.59 Å². The molecule has 3 aromatic rings. The highest BCUT2D eigenvalue weighted by Gasteiger charge is 2.09. The van der Waals surface area contributed by atoms with Gasteiger partial charge in [-0.2, -0.15) is 0 Å². The average Bonchev–Trinajstić information content (AvgIpc) is 2.84. The van der Waals surface area contributed by atoms with Gasteiger partial charge in [-0.15, -0.1) is 0 Å². The van der Waals surface area contributed by atoms with E-state index in [1.807, 2.05) is 50.2 Å². The SMILES string of the molecule is COc1ccc(CCNC(=O)COc2ccc(C(=O)Nc3ccc(C)cc3C)cc2)cc1OC. The predicted molar refractivity (Wildman–Crippen MR) is 132 cm³/mol. The number of anilines is 1. The number of ether oxygens (including phenoxy) is 3. The predicted octanol–water partition coefficient (Wildman–Crippen LogP) is 4.31. The maximum absolute atomic E-state index is 12.5. The molecule has 0 aliphatic rings. The molecule has 0 unspecified atom stereocenters. The lowest BCUT2D eigenvalue weighted by atomic mass is 10.1. The molecule has 0 saturated carbocycles. The Hall–Kier alpha value is -4.00. The lowest BCUT2D eigenvalue weighted by Crippen LogP contribution is -2.30. The highest BCUT2D eigenvalue weighted by Crippen LogP contribution is 2.27. The molecule has 178 valence electrons. The molecule has 0 spiro atoms. The summed E-state index contributed by atoms with van der Waals surface area (Å²) < 4.78 is 16.1. The van der Waals surface area contributed by atoms with Crippen LogP contribution in [0.2, 0.25) is 0 Å². The number of carbonyl (C=O) groups is 2. The Bertz CT molecular complexity index is 1140. The molecule has 2 amide bonds. The molecule has 0 aromatic heterocycles. The van der Waals surface area contributed by atoms with Crippen molar-refractivity contribution in [1.29, 1.82) is 0 Å². The van der Waals surface area contributed by atoms with Crippen molar-refractivity contribution in [3.63, 3.8) is 0 Å². The molecule has 0 saturated heterocycles. The first-order valence-electron chi connectivity index (χ1n) is 11.0. The van der Waals surface area contributed by atoms with Crippen molar-refractivity contribution in [3.8, 4) is 17.2 Å². The fourth-order valence-corrected chi connectivity index (χ4v) is 3.43. The molecule has 0 atom stereocenters. The zero-order valence-electron chi connectivity index (χ0n) is 19.9. The van der Waals surface area contributed by atoms with Crippen LogP contribution in [-0.2, 0) is 11.2 Å². The van der Waals surface area contributed by atoms with Gasteiger partial charge in [-0.1, -0.05) is 23.8 Å². The Labute approximate surface area is 200 Å². The van der Waals surface area contributed by atoms with E-state index < -0.39 is 0 Å². The van der Waals surface area contributed by atoms with E-state index in [0.717, 1.165) is 22.4 Å². The van der Waals surface area contributed by atoms with Crippen LogP contribution in [0.5, 0.6) is 17.2 Å². The Morgan fingerprint density at radius 1 is 0.853 bits per heavy atom. The van der Waals surface area contributed by atoms with Gasteiger partial charge in [-0.05, 0) is 73.9 Å². The van der Waals surface area contributed by atoms with Crippen LogP contribution in [0.4, 0.5) is 5.69 Å². The van der Waals surface area contributed by atoms with Crippen LogP contribution in [0.15, 0.2) is 60.7 Å². The molecule has 34 heavy (non-hydrogen) atoms. The Kier molecular flexibility index (Phi) is 8.51. The summed E-state index contributed by atoms with van der Waals surface area (Å²) in [7, 11) is 3.18. The van der Waals surface area contributed by atoms with Crippen molar-refractivity contribution in [1.82, 2.24) is 5.32 Å². The summed E-state index contributed by atoms with van der Waals surface area (Å²) in [6, 6.07) is 18.2. The lowest BCUT2D eigenvalue weighted by Gasteiger charge is -2.11. The first kappa shape index (κ1) is 24.6. The standard InChI is InChI=1S/C27H30N2O5/c1-18-5-11-23(19(2)15-18)29-27(31)21-7-9-22(10-8-21)34-17-26(30)28-14-13-20-6-12-24(32-3)25(16-20)33-4/h5-12,15-16H,13-14,17H2,1-4H3,(H,28,30)(H,29,31). The Morgan fingerprint density at radius 2 is 1.59 bits per heavy atom. The van der Waals surface area contributed by atoms with Gasteiger partial charge in [-0.25, -0.2) is 0 Å². The van der Waals surface area contributed by atoms with E-state index in [-0.39, 0.29) is 18.4 Å². The van der Waals surface area contributed by atoms with Gasteiger partial charge in [0.15, 0.2) is 18.1 Å². The van der Waals surface area contributed by atoms with E-state index in [4.69, 9.17) is 14.2 Å². The molecule has 0 fully saturated rings. The summed E-state index contributed by atoms with van der Waals surface area (Å²) in [6.45, 7) is 4.32. The quantitative estimate of drug-likeness (QED) is 0.469. The molecule has 7 heteroatoms. The van der Waals surface area contributed by atoms with E-state index in [0.29, 0.717) is 35.8 Å². The minimum absolute atomic E-state index is 0.111. The smallest absolute Gasteiger partial charge is 0.257 e. The van der Waals surface area contributed by atoms with E-state index in [1.165, 1.54) is 0 Å². The van der Waals surface area contributed by atoms with Crippen molar-refractivity contribution >= 4 is 17.5 Å². The van der Waals surface area contributed by atoms with Crippen LogP contribution in [0, 0.1) is 13.8 Å². The third-order valence-corrected chi connectivity index (χ3v) is 5.30. The van der Waals surface area contributed by atoms with Crippen molar-refractivity contribution in [2.24, 2.45) is 0 Å². The van der Waals surface area contributed by atoms with Crippen LogP contribution in [0.1, 0.15) is 27.0 Å². The van der Waals surface area contributed by atoms with Crippen LogP contribution < -0.4 is 24.8 Å². The molecule has 0 aliphatic carbocycles. The van der Waals surface area contributed by atoms with Crippen LogP contribution in [0.25, 0.3) is 0 Å². The first-order valence-corrected chi connectivity index (χ1v) is 11.0. The number of carbonyl (C=O) groups excluding carboxylic acids is 2.